The molecule has 0 aromatic heterocycles. The highest BCUT2D eigenvalue weighted by Gasteiger charge is 2.22. The van der Waals surface area contributed by atoms with Gasteiger partial charge in [0.25, 0.3) is 5.91 Å². The first-order chi connectivity index (χ1) is 11.5. The lowest BCUT2D eigenvalue weighted by atomic mass is 9.79. The van der Waals surface area contributed by atoms with E-state index in [2.05, 4.69) is 52.9 Å². The molecule has 0 spiro atoms. The van der Waals surface area contributed by atoms with Gasteiger partial charge in [0.15, 0.2) is 0 Å². The van der Waals surface area contributed by atoms with E-state index in [1.54, 1.807) is 0 Å². The normalized spacial score (nSPS) is 13.4. The Hall–Kier alpha value is -2.09. The molecule has 2 heteroatoms. The van der Waals surface area contributed by atoms with Crippen molar-refractivity contribution in [2.24, 2.45) is 0 Å². The van der Waals surface area contributed by atoms with E-state index in [1.165, 1.54) is 11.1 Å². The van der Waals surface area contributed by atoms with Crippen molar-refractivity contribution in [2.45, 2.75) is 65.3 Å². The van der Waals surface area contributed by atoms with Crippen molar-refractivity contribution in [2.75, 3.05) is 0 Å². The second-order valence-electron chi connectivity index (χ2n) is 8.90. The molecule has 0 fully saturated rings. The second-order valence-corrected chi connectivity index (χ2v) is 8.90. The highest BCUT2D eigenvalue weighted by Crippen LogP contribution is 2.30. The average Bonchev–Trinajstić information content (AvgIpc) is 2.53. The number of rotatable bonds is 3. The van der Waals surface area contributed by atoms with Crippen LogP contribution in [0.25, 0.3) is 0 Å². The standard InChI is InChI=1S/C23H31NO/c1-16(17-11-9-8-10-12-17)24-21(25)18-13-19(22(2,3)4)15-20(14-18)23(5,6)7/h8-16H,1-7H3,(H,24,25)/t16-/m0/s1. The summed E-state index contributed by atoms with van der Waals surface area (Å²) in [6.45, 7) is 15.1. The molecule has 0 aliphatic rings. The first kappa shape index (κ1) is 19.2. The first-order valence-electron chi connectivity index (χ1n) is 9.00. The predicted molar refractivity (Wildman–Crippen MR) is 106 cm³/mol. The lowest BCUT2D eigenvalue weighted by Crippen LogP contribution is -2.28. The summed E-state index contributed by atoms with van der Waals surface area (Å²) in [5, 5.41) is 3.13. The van der Waals surface area contributed by atoms with Crippen molar-refractivity contribution in [1.29, 1.82) is 0 Å². The molecule has 2 nitrogen and oxygen atoms in total. The number of carbonyl (C=O) groups excluding carboxylic acids is 1. The SMILES string of the molecule is C[C@H](NC(=O)c1cc(C(C)(C)C)cc(C(C)(C)C)c1)c1ccccc1. The Bertz CT molecular complexity index is 701. The Morgan fingerprint density at radius 2 is 1.32 bits per heavy atom. The summed E-state index contributed by atoms with van der Waals surface area (Å²) in [4.78, 5) is 12.9. The van der Waals surface area contributed by atoms with Gasteiger partial charge in [0.05, 0.1) is 6.04 Å². The van der Waals surface area contributed by atoms with E-state index in [0.29, 0.717) is 0 Å². The van der Waals surface area contributed by atoms with Gasteiger partial charge < -0.3 is 5.32 Å². The molecule has 1 amide bonds. The molecule has 25 heavy (non-hydrogen) atoms. The Kier molecular flexibility index (Phi) is 5.41. The summed E-state index contributed by atoms with van der Waals surface area (Å²) in [7, 11) is 0. The highest BCUT2D eigenvalue weighted by molar-refractivity contribution is 5.95. The van der Waals surface area contributed by atoms with Gasteiger partial charge in [-0.05, 0) is 46.6 Å². The number of hydrogen-bond acceptors (Lipinski definition) is 1. The molecule has 0 aliphatic heterocycles. The van der Waals surface area contributed by atoms with E-state index in [0.717, 1.165) is 11.1 Å². The summed E-state index contributed by atoms with van der Waals surface area (Å²) in [6.07, 6.45) is 0. The smallest absolute Gasteiger partial charge is 0.251 e. The minimum Gasteiger partial charge on any atom is -0.346 e. The fraction of sp³-hybridized carbons (Fsp3) is 0.435. The van der Waals surface area contributed by atoms with Crippen LogP contribution < -0.4 is 5.32 Å². The zero-order valence-electron chi connectivity index (χ0n) is 16.6. The number of nitrogens with one attached hydrogen (secondary N) is 1. The van der Waals surface area contributed by atoms with Gasteiger partial charge in [-0.1, -0.05) is 77.9 Å². The van der Waals surface area contributed by atoms with Crippen molar-refractivity contribution in [3.05, 3.63) is 70.8 Å². The number of hydrogen-bond donors (Lipinski definition) is 1. The molecule has 134 valence electrons. The van der Waals surface area contributed by atoms with Gasteiger partial charge in [-0.3, -0.25) is 4.79 Å². The lowest BCUT2D eigenvalue weighted by Gasteiger charge is -2.26. The van der Waals surface area contributed by atoms with Gasteiger partial charge in [-0.2, -0.15) is 0 Å². The fourth-order valence-electron chi connectivity index (χ4n) is 2.73. The van der Waals surface area contributed by atoms with Crippen molar-refractivity contribution in [1.82, 2.24) is 5.32 Å². The molecule has 2 aromatic rings. The Morgan fingerprint density at radius 1 is 0.840 bits per heavy atom. The van der Waals surface area contributed by atoms with Crippen LogP contribution in [0.1, 0.15) is 81.6 Å². The number of carbonyl (C=O) groups is 1. The van der Waals surface area contributed by atoms with Crippen LogP contribution in [0, 0.1) is 0 Å². The van der Waals surface area contributed by atoms with Gasteiger partial charge in [0.2, 0.25) is 0 Å². The second kappa shape index (κ2) is 7.03. The van der Waals surface area contributed by atoms with Crippen LogP contribution in [-0.4, -0.2) is 5.91 Å². The topological polar surface area (TPSA) is 29.1 Å². The van der Waals surface area contributed by atoms with E-state index in [9.17, 15) is 4.79 Å². The third-order valence-electron chi connectivity index (χ3n) is 4.57. The highest BCUT2D eigenvalue weighted by atomic mass is 16.1. The van der Waals surface area contributed by atoms with Gasteiger partial charge in [0, 0.05) is 5.56 Å². The molecular weight excluding hydrogens is 306 g/mol. The minimum absolute atomic E-state index is 0.00133. The van der Waals surface area contributed by atoms with Crippen LogP contribution >= 0.6 is 0 Å². The Labute approximate surface area is 152 Å². The largest absolute Gasteiger partial charge is 0.346 e. The quantitative estimate of drug-likeness (QED) is 0.756. The van der Waals surface area contributed by atoms with Crippen LogP contribution in [-0.2, 0) is 10.8 Å². The van der Waals surface area contributed by atoms with Gasteiger partial charge in [-0.15, -0.1) is 0 Å². The summed E-state index contributed by atoms with van der Waals surface area (Å²) in [5.74, 6) is -0.0204. The minimum atomic E-state index is -0.0231. The monoisotopic (exact) mass is 337 g/mol. The molecule has 0 aliphatic carbocycles. The third kappa shape index (κ3) is 4.94. The van der Waals surface area contributed by atoms with Gasteiger partial charge >= 0.3 is 0 Å². The van der Waals surface area contributed by atoms with Crippen molar-refractivity contribution < 1.29 is 4.79 Å². The summed E-state index contributed by atoms with van der Waals surface area (Å²) < 4.78 is 0. The van der Waals surface area contributed by atoms with Crippen LogP contribution in [0.4, 0.5) is 0 Å². The van der Waals surface area contributed by atoms with Crippen LogP contribution in [0.5, 0.6) is 0 Å². The molecule has 0 unspecified atom stereocenters. The van der Waals surface area contributed by atoms with E-state index in [-0.39, 0.29) is 22.8 Å². The van der Waals surface area contributed by atoms with Crippen LogP contribution in [0.3, 0.4) is 0 Å². The fourth-order valence-corrected chi connectivity index (χ4v) is 2.73. The van der Waals surface area contributed by atoms with E-state index in [1.807, 2.05) is 49.4 Å². The maximum Gasteiger partial charge on any atom is 0.251 e. The predicted octanol–water partition coefficient (Wildman–Crippen LogP) is 5.77. The van der Waals surface area contributed by atoms with Crippen LogP contribution in [0.15, 0.2) is 48.5 Å². The number of benzene rings is 2. The van der Waals surface area contributed by atoms with Crippen molar-refractivity contribution >= 4 is 5.91 Å². The third-order valence-corrected chi connectivity index (χ3v) is 4.57. The maximum absolute atomic E-state index is 12.9. The summed E-state index contributed by atoms with van der Waals surface area (Å²) >= 11 is 0. The molecule has 2 aromatic carbocycles. The average molecular weight is 338 g/mol. The molecule has 0 bridgehead atoms. The first-order valence-corrected chi connectivity index (χ1v) is 9.00. The van der Waals surface area contributed by atoms with Crippen molar-refractivity contribution in [3.63, 3.8) is 0 Å². The van der Waals surface area contributed by atoms with Crippen molar-refractivity contribution in [3.8, 4) is 0 Å². The van der Waals surface area contributed by atoms with E-state index >= 15 is 0 Å². The molecule has 0 radical (unpaired) electrons. The molecule has 2 rings (SSSR count). The zero-order valence-corrected chi connectivity index (χ0v) is 16.6. The van der Waals surface area contributed by atoms with Gasteiger partial charge in [-0.25, -0.2) is 0 Å². The summed E-state index contributed by atoms with van der Waals surface area (Å²) in [6, 6.07) is 16.3. The maximum atomic E-state index is 12.9. The molecule has 0 saturated carbocycles. The van der Waals surface area contributed by atoms with Gasteiger partial charge in [0.1, 0.15) is 0 Å². The van der Waals surface area contributed by atoms with E-state index < -0.39 is 0 Å². The molecule has 0 saturated heterocycles. The molecule has 1 N–H and O–H groups in total. The molecule has 0 heterocycles. The number of amides is 1. The van der Waals surface area contributed by atoms with Crippen LogP contribution in [0.2, 0.25) is 0 Å². The Balaban J connectivity index is 2.35. The van der Waals surface area contributed by atoms with E-state index in [4.69, 9.17) is 0 Å². The Morgan fingerprint density at radius 3 is 1.76 bits per heavy atom. The molecular formula is C23H31NO. The zero-order chi connectivity index (χ0) is 18.8. The summed E-state index contributed by atoms with van der Waals surface area (Å²) in [5.41, 5.74) is 4.23. The lowest BCUT2D eigenvalue weighted by molar-refractivity contribution is 0.0939. The molecule has 1 atom stereocenters.